The highest BCUT2D eigenvalue weighted by Gasteiger charge is 2.02. The van der Waals surface area contributed by atoms with Crippen molar-refractivity contribution in [1.29, 1.82) is 0 Å². The summed E-state index contributed by atoms with van der Waals surface area (Å²) in [5.41, 5.74) is 6.06. The number of carbonyl (C=O) groups excluding carboxylic acids is 1. The number of amides is 1. The summed E-state index contributed by atoms with van der Waals surface area (Å²) in [6.07, 6.45) is 3.12. The summed E-state index contributed by atoms with van der Waals surface area (Å²) in [5.74, 6) is 1.17. The lowest BCUT2D eigenvalue weighted by molar-refractivity contribution is -0.116. The van der Waals surface area contributed by atoms with E-state index in [-0.39, 0.29) is 5.91 Å². The van der Waals surface area contributed by atoms with Crippen LogP contribution in [-0.4, -0.2) is 46.4 Å². The van der Waals surface area contributed by atoms with Gasteiger partial charge in [0.25, 0.3) is 0 Å². The molecule has 0 unspecified atom stereocenters. The first kappa shape index (κ1) is 17.0. The second-order valence-electron chi connectivity index (χ2n) is 4.13. The Morgan fingerprint density at radius 2 is 2.10 bits per heavy atom. The normalized spacial score (nSPS) is 10.6. The fraction of sp³-hybridized carbons (Fsp3) is 0.400. The topological polar surface area (TPSA) is 82.8 Å². The summed E-state index contributed by atoms with van der Waals surface area (Å²) in [7, 11) is 3.16. The molecule has 0 radical (unpaired) electrons. The lowest BCUT2D eigenvalue weighted by atomic mass is 10.1. The van der Waals surface area contributed by atoms with Crippen LogP contribution in [0.3, 0.4) is 0 Å². The van der Waals surface area contributed by atoms with Gasteiger partial charge in [-0.25, -0.2) is 0 Å². The minimum Gasteiger partial charge on any atom is -0.497 e. The maximum atomic E-state index is 11.7. The van der Waals surface area contributed by atoms with E-state index in [0.717, 1.165) is 5.56 Å². The van der Waals surface area contributed by atoms with Gasteiger partial charge in [-0.2, -0.15) is 0 Å². The molecule has 6 nitrogen and oxygen atoms in total. The Balaban J connectivity index is 2.53. The lowest BCUT2D eigenvalue weighted by Gasteiger charge is -2.07. The highest BCUT2D eigenvalue weighted by molar-refractivity contribution is 5.92. The first-order valence-corrected chi connectivity index (χ1v) is 6.67. The lowest BCUT2D eigenvalue weighted by Crippen LogP contribution is -2.26. The van der Waals surface area contributed by atoms with E-state index in [1.54, 1.807) is 38.5 Å². The van der Waals surface area contributed by atoms with E-state index in [4.69, 9.17) is 19.9 Å². The van der Waals surface area contributed by atoms with Crippen LogP contribution in [-0.2, 0) is 9.53 Å². The Morgan fingerprint density at radius 1 is 1.29 bits per heavy atom. The van der Waals surface area contributed by atoms with Crippen LogP contribution >= 0.6 is 0 Å². The van der Waals surface area contributed by atoms with Crippen LogP contribution in [0.15, 0.2) is 24.3 Å². The van der Waals surface area contributed by atoms with Gasteiger partial charge in [-0.1, -0.05) is 0 Å². The molecule has 3 N–H and O–H groups in total. The zero-order chi connectivity index (χ0) is 15.5. The van der Waals surface area contributed by atoms with Crippen LogP contribution in [0.5, 0.6) is 11.5 Å². The molecule has 0 aliphatic carbocycles. The molecular formula is C15H22N2O4. The number of ether oxygens (including phenoxy) is 3. The van der Waals surface area contributed by atoms with E-state index in [0.29, 0.717) is 37.8 Å². The van der Waals surface area contributed by atoms with E-state index >= 15 is 0 Å². The van der Waals surface area contributed by atoms with E-state index in [9.17, 15) is 4.79 Å². The van der Waals surface area contributed by atoms with Gasteiger partial charge in [-0.15, -0.1) is 0 Å². The Morgan fingerprint density at radius 3 is 2.76 bits per heavy atom. The first-order valence-electron chi connectivity index (χ1n) is 6.67. The Hall–Kier alpha value is -2.05. The average molecular weight is 294 g/mol. The van der Waals surface area contributed by atoms with E-state index in [1.165, 1.54) is 6.08 Å². The molecule has 0 aliphatic heterocycles. The second kappa shape index (κ2) is 9.79. The maximum absolute atomic E-state index is 11.7. The highest BCUT2D eigenvalue weighted by Crippen LogP contribution is 2.24. The van der Waals surface area contributed by atoms with Crippen LogP contribution in [0.2, 0.25) is 0 Å². The summed E-state index contributed by atoms with van der Waals surface area (Å²) in [5, 5.41) is 2.71. The van der Waals surface area contributed by atoms with Gasteiger partial charge in [-0.05, 0) is 24.3 Å². The molecule has 0 aliphatic rings. The molecule has 116 valence electrons. The van der Waals surface area contributed by atoms with Gasteiger partial charge < -0.3 is 25.3 Å². The fourth-order valence-corrected chi connectivity index (χ4v) is 1.63. The smallest absolute Gasteiger partial charge is 0.244 e. The molecule has 1 amide bonds. The second-order valence-corrected chi connectivity index (χ2v) is 4.13. The molecule has 0 bridgehead atoms. The molecule has 6 heteroatoms. The number of hydrogen-bond donors (Lipinski definition) is 2. The molecule has 0 heterocycles. The molecule has 1 aromatic rings. The fourth-order valence-electron chi connectivity index (χ4n) is 1.63. The highest BCUT2D eigenvalue weighted by atomic mass is 16.5. The van der Waals surface area contributed by atoms with Crippen molar-refractivity contribution in [1.82, 2.24) is 5.32 Å². The van der Waals surface area contributed by atoms with Crippen LogP contribution in [0.1, 0.15) is 5.56 Å². The zero-order valence-corrected chi connectivity index (χ0v) is 12.4. The quantitative estimate of drug-likeness (QED) is 0.520. The van der Waals surface area contributed by atoms with E-state index < -0.39 is 0 Å². The number of hydrogen-bond acceptors (Lipinski definition) is 5. The minimum atomic E-state index is -0.198. The Labute approximate surface area is 124 Å². The molecule has 1 rings (SSSR count). The maximum Gasteiger partial charge on any atom is 0.244 e. The molecule has 1 aromatic carbocycles. The first-order chi connectivity index (χ1) is 10.2. The molecule has 0 saturated carbocycles. The molecule has 0 fully saturated rings. The van der Waals surface area contributed by atoms with Gasteiger partial charge in [0.2, 0.25) is 5.91 Å². The predicted octanol–water partition coefficient (Wildman–Crippen LogP) is 0.809. The summed E-state index contributed by atoms with van der Waals surface area (Å²) in [4.78, 5) is 11.7. The van der Waals surface area contributed by atoms with Crippen molar-refractivity contribution in [3.63, 3.8) is 0 Å². The predicted molar refractivity (Wildman–Crippen MR) is 81.5 cm³/mol. The van der Waals surface area contributed by atoms with Crippen molar-refractivity contribution in [2.45, 2.75) is 0 Å². The van der Waals surface area contributed by atoms with Crippen molar-refractivity contribution in [3.8, 4) is 11.5 Å². The van der Waals surface area contributed by atoms with Crippen molar-refractivity contribution >= 4 is 12.0 Å². The summed E-state index contributed by atoms with van der Waals surface area (Å²) in [6, 6.07) is 5.38. The Kier molecular flexibility index (Phi) is 7.93. The van der Waals surface area contributed by atoms with Crippen molar-refractivity contribution in [2.24, 2.45) is 5.73 Å². The molecule has 0 atom stereocenters. The van der Waals surface area contributed by atoms with Crippen LogP contribution in [0, 0.1) is 0 Å². The van der Waals surface area contributed by atoms with Gasteiger partial charge in [0.15, 0.2) is 0 Å². The number of benzene rings is 1. The number of nitrogens with one attached hydrogen (secondary N) is 1. The largest absolute Gasteiger partial charge is 0.497 e. The third kappa shape index (κ3) is 6.29. The van der Waals surface area contributed by atoms with Crippen LogP contribution in [0.25, 0.3) is 6.08 Å². The van der Waals surface area contributed by atoms with Gasteiger partial charge in [0, 0.05) is 24.7 Å². The molecule has 21 heavy (non-hydrogen) atoms. The number of nitrogens with two attached hydrogens (primary N) is 1. The SMILES string of the molecule is COc1ccc(OC)c(/C=C/C(=O)NCCOCCN)c1. The minimum absolute atomic E-state index is 0.198. The molecular weight excluding hydrogens is 272 g/mol. The van der Waals surface area contributed by atoms with Gasteiger partial charge >= 0.3 is 0 Å². The third-order valence-electron chi connectivity index (χ3n) is 2.66. The summed E-state index contributed by atoms with van der Waals surface area (Å²) >= 11 is 0. The van der Waals surface area contributed by atoms with Gasteiger partial charge in [-0.3, -0.25) is 4.79 Å². The van der Waals surface area contributed by atoms with Crippen molar-refractivity contribution in [3.05, 3.63) is 29.8 Å². The molecule has 0 spiro atoms. The number of rotatable bonds is 9. The number of methoxy groups -OCH3 is 2. The summed E-state index contributed by atoms with van der Waals surface area (Å²) in [6.45, 7) is 1.86. The monoisotopic (exact) mass is 294 g/mol. The zero-order valence-electron chi connectivity index (χ0n) is 12.4. The molecule has 0 aromatic heterocycles. The standard InChI is InChI=1S/C15H22N2O4/c1-19-13-4-5-14(20-2)12(11-13)3-6-15(18)17-8-10-21-9-7-16/h3-6,11H,7-10,16H2,1-2H3,(H,17,18)/b6-3+. The molecule has 0 saturated heterocycles. The van der Waals surface area contributed by atoms with Gasteiger partial charge in [0.05, 0.1) is 27.4 Å². The van der Waals surface area contributed by atoms with Gasteiger partial charge in [0.1, 0.15) is 11.5 Å². The Bertz CT molecular complexity index is 475. The average Bonchev–Trinajstić information content (AvgIpc) is 2.52. The van der Waals surface area contributed by atoms with Crippen molar-refractivity contribution < 1.29 is 19.0 Å². The van der Waals surface area contributed by atoms with Crippen LogP contribution < -0.4 is 20.5 Å². The van der Waals surface area contributed by atoms with E-state index in [1.807, 2.05) is 0 Å². The summed E-state index contributed by atoms with van der Waals surface area (Å²) < 4.78 is 15.5. The van der Waals surface area contributed by atoms with E-state index in [2.05, 4.69) is 5.32 Å². The van der Waals surface area contributed by atoms with Crippen LogP contribution in [0.4, 0.5) is 0 Å². The number of carbonyl (C=O) groups is 1. The third-order valence-corrected chi connectivity index (χ3v) is 2.66. The van der Waals surface area contributed by atoms with Crippen molar-refractivity contribution in [2.75, 3.05) is 40.5 Å².